The van der Waals surface area contributed by atoms with E-state index in [0.717, 1.165) is 5.56 Å². The molecule has 0 fully saturated rings. The topological polar surface area (TPSA) is 50.4 Å². The van der Waals surface area contributed by atoms with E-state index in [9.17, 15) is 4.79 Å². The zero-order chi connectivity index (χ0) is 14.5. The van der Waals surface area contributed by atoms with Crippen LogP contribution < -0.4 is 10.6 Å². The van der Waals surface area contributed by atoms with E-state index in [1.54, 1.807) is 6.08 Å². The third kappa shape index (κ3) is 3.05. The molecule has 0 radical (unpaired) electrons. The molecular formula is C15H16N2O2S. The summed E-state index contributed by atoms with van der Waals surface area (Å²) in [7, 11) is 0. The van der Waals surface area contributed by atoms with Crippen molar-refractivity contribution in [1.82, 2.24) is 10.6 Å². The number of carbonyl (C=O) groups excluding carboxylic acids is 1. The predicted molar refractivity (Wildman–Crippen MR) is 81.9 cm³/mol. The minimum absolute atomic E-state index is 0.182. The molecule has 0 bridgehead atoms. The fourth-order valence-electron chi connectivity index (χ4n) is 2.07. The lowest BCUT2D eigenvalue weighted by Gasteiger charge is -2.29. The van der Waals surface area contributed by atoms with E-state index >= 15 is 0 Å². The highest BCUT2D eigenvalue weighted by Gasteiger charge is 2.30. The summed E-state index contributed by atoms with van der Waals surface area (Å²) < 4.78 is 5.15. The molecule has 0 spiro atoms. The molecule has 2 rings (SSSR count). The number of hydrogen-bond donors (Lipinski definition) is 2. The molecule has 1 aliphatic rings. The van der Waals surface area contributed by atoms with Crippen molar-refractivity contribution in [1.29, 1.82) is 0 Å². The Bertz CT molecular complexity index is 566. The number of allylic oxidation sites excluding steroid dienone is 1. The van der Waals surface area contributed by atoms with Crippen LogP contribution >= 0.6 is 12.2 Å². The molecular weight excluding hydrogens is 272 g/mol. The van der Waals surface area contributed by atoms with Crippen LogP contribution in [0.3, 0.4) is 0 Å². The zero-order valence-corrected chi connectivity index (χ0v) is 12.0. The number of esters is 1. The Kier molecular flexibility index (Phi) is 4.53. The molecule has 1 aromatic carbocycles. The monoisotopic (exact) mass is 288 g/mol. The fraction of sp³-hybridized carbons (Fsp3) is 0.200. The number of rotatable bonds is 4. The Labute approximate surface area is 123 Å². The Hall–Kier alpha value is -2.14. The van der Waals surface area contributed by atoms with Gasteiger partial charge in [-0.2, -0.15) is 0 Å². The number of ether oxygens (including phenoxy) is 1. The van der Waals surface area contributed by atoms with Crippen LogP contribution in [-0.2, 0) is 9.53 Å². The van der Waals surface area contributed by atoms with Gasteiger partial charge in [0.05, 0.1) is 11.6 Å². The van der Waals surface area contributed by atoms with Crippen LogP contribution in [0.15, 0.2) is 54.3 Å². The number of benzene rings is 1. The molecule has 5 heteroatoms. The van der Waals surface area contributed by atoms with Gasteiger partial charge in [-0.15, -0.1) is 0 Å². The van der Waals surface area contributed by atoms with E-state index in [4.69, 9.17) is 17.0 Å². The lowest BCUT2D eigenvalue weighted by molar-refractivity contribution is -0.138. The molecule has 20 heavy (non-hydrogen) atoms. The number of thiocarbonyl (C=S) groups is 1. The summed E-state index contributed by atoms with van der Waals surface area (Å²) in [6, 6.07) is 9.35. The van der Waals surface area contributed by atoms with Gasteiger partial charge in [0.25, 0.3) is 0 Å². The van der Waals surface area contributed by atoms with Gasteiger partial charge in [-0.3, -0.25) is 0 Å². The van der Waals surface area contributed by atoms with Gasteiger partial charge in [0.1, 0.15) is 6.61 Å². The normalized spacial score (nSPS) is 18.1. The smallest absolute Gasteiger partial charge is 0.338 e. The minimum Gasteiger partial charge on any atom is -0.458 e. The molecule has 104 valence electrons. The summed E-state index contributed by atoms with van der Waals surface area (Å²) in [4.78, 5) is 12.2. The van der Waals surface area contributed by atoms with Crippen LogP contribution in [0.2, 0.25) is 0 Å². The fourth-order valence-corrected chi connectivity index (χ4v) is 2.34. The van der Waals surface area contributed by atoms with Crippen molar-refractivity contribution in [3.8, 4) is 0 Å². The molecule has 0 aliphatic carbocycles. The summed E-state index contributed by atoms with van der Waals surface area (Å²) in [6.07, 6.45) is 1.54. The Morgan fingerprint density at radius 2 is 2.15 bits per heavy atom. The van der Waals surface area contributed by atoms with Crippen LogP contribution in [-0.4, -0.2) is 17.7 Å². The number of hydrogen-bond acceptors (Lipinski definition) is 3. The number of nitrogens with one attached hydrogen (secondary N) is 2. The van der Waals surface area contributed by atoms with E-state index < -0.39 is 0 Å². The Morgan fingerprint density at radius 3 is 2.80 bits per heavy atom. The average Bonchev–Trinajstić information content (AvgIpc) is 2.45. The second-order valence-electron chi connectivity index (χ2n) is 4.37. The first-order valence-electron chi connectivity index (χ1n) is 6.24. The molecule has 4 nitrogen and oxygen atoms in total. The Morgan fingerprint density at radius 1 is 1.45 bits per heavy atom. The maximum Gasteiger partial charge on any atom is 0.338 e. The minimum atomic E-state index is -0.376. The van der Waals surface area contributed by atoms with Gasteiger partial charge in [0, 0.05) is 5.70 Å². The third-order valence-corrected chi connectivity index (χ3v) is 3.17. The largest absolute Gasteiger partial charge is 0.458 e. The van der Waals surface area contributed by atoms with Crippen molar-refractivity contribution in [3.05, 3.63) is 59.8 Å². The summed E-state index contributed by atoms with van der Waals surface area (Å²) >= 11 is 5.16. The van der Waals surface area contributed by atoms with E-state index in [1.807, 2.05) is 37.3 Å². The molecule has 0 unspecified atom stereocenters. The molecule has 0 saturated heterocycles. The van der Waals surface area contributed by atoms with Gasteiger partial charge in [-0.05, 0) is 24.7 Å². The lowest BCUT2D eigenvalue weighted by Crippen LogP contribution is -2.45. The van der Waals surface area contributed by atoms with Crippen LogP contribution in [0.25, 0.3) is 0 Å². The van der Waals surface area contributed by atoms with Gasteiger partial charge in [-0.25, -0.2) is 4.79 Å². The van der Waals surface area contributed by atoms with Gasteiger partial charge >= 0.3 is 5.97 Å². The molecule has 1 atom stereocenters. The third-order valence-electron chi connectivity index (χ3n) is 2.95. The Balaban J connectivity index is 2.36. The van der Waals surface area contributed by atoms with Crippen LogP contribution in [0.4, 0.5) is 0 Å². The maximum atomic E-state index is 12.2. The van der Waals surface area contributed by atoms with Crippen molar-refractivity contribution < 1.29 is 9.53 Å². The first-order valence-corrected chi connectivity index (χ1v) is 6.65. The van der Waals surface area contributed by atoms with Crippen LogP contribution in [0, 0.1) is 0 Å². The predicted octanol–water partition coefficient (Wildman–Crippen LogP) is 2.21. The number of carbonyl (C=O) groups is 1. The quantitative estimate of drug-likeness (QED) is 0.505. The summed E-state index contributed by atoms with van der Waals surface area (Å²) in [5, 5.41) is 6.56. The van der Waals surface area contributed by atoms with Crippen LogP contribution in [0.5, 0.6) is 0 Å². The molecule has 2 N–H and O–H groups in total. The van der Waals surface area contributed by atoms with Crippen molar-refractivity contribution in [3.63, 3.8) is 0 Å². The zero-order valence-electron chi connectivity index (χ0n) is 11.2. The van der Waals surface area contributed by atoms with Gasteiger partial charge in [0.15, 0.2) is 5.11 Å². The van der Waals surface area contributed by atoms with Gasteiger partial charge in [0.2, 0.25) is 0 Å². The molecule has 0 aromatic heterocycles. The second kappa shape index (κ2) is 6.34. The highest BCUT2D eigenvalue weighted by Crippen LogP contribution is 2.27. The first-order chi connectivity index (χ1) is 9.63. The van der Waals surface area contributed by atoms with E-state index in [1.165, 1.54) is 0 Å². The highest BCUT2D eigenvalue weighted by molar-refractivity contribution is 7.80. The average molecular weight is 288 g/mol. The summed E-state index contributed by atoms with van der Waals surface area (Å²) in [5.41, 5.74) is 2.20. The SMILES string of the molecule is C=CCOC(=O)C1=C(C)NC(=S)N[C@@H]1c1ccccc1. The molecule has 0 amide bonds. The molecule has 0 saturated carbocycles. The summed E-state index contributed by atoms with van der Waals surface area (Å²) in [6.45, 7) is 5.54. The van der Waals surface area contributed by atoms with E-state index in [0.29, 0.717) is 16.4 Å². The second-order valence-corrected chi connectivity index (χ2v) is 4.78. The standard InChI is InChI=1S/C15H16N2O2S/c1-3-9-19-14(18)12-10(2)16-15(20)17-13(12)11-7-5-4-6-8-11/h3-8,13H,1,9H2,2H3,(H2,16,17,20)/t13-/m1/s1. The van der Waals surface area contributed by atoms with Crippen molar-refractivity contribution in [2.75, 3.05) is 6.61 Å². The van der Waals surface area contributed by atoms with Crippen LogP contribution in [0.1, 0.15) is 18.5 Å². The van der Waals surface area contributed by atoms with Crippen molar-refractivity contribution in [2.24, 2.45) is 0 Å². The van der Waals surface area contributed by atoms with Gasteiger partial charge in [-0.1, -0.05) is 43.0 Å². The van der Waals surface area contributed by atoms with E-state index in [2.05, 4.69) is 17.2 Å². The van der Waals surface area contributed by atoms with Crippen molar-refractivity contribution in [2.45, 2.75) is 13.0 Å². The maximum absolute atomic E-state index is 12.2. The highest BCUT2D eigenvalue weighted by atomic mass is 32.1. The molecule has 1 aromatic rings. The van der Waals surface area contributed by atoms with Gasteiger partial charge < -0.3 is 15.4 Å². The molecule has 1 aliphatic heterocycles. The first kappa shape index (κ1) is 14.3. The van der Waals surface area contributed by atoms with Crippen molar-refractivity contribution >= 4 is 23.3 Å². The summed E-state index contributed by atoms with van der Waals surface area (Å²) in [5.74, 6) is -0.376. The lowest BCUT2D eigenvalue weighted by atomic mass is 9.96. The molecule has 1 heterocycles. The van der Waals surface area contributed by atoms with E-state index in [-0.39, 0.29) is 18.6 Å².